The molecule has 1 unspecified atom stereocenters. The summed E-state index contributed by atoms with van der Waals surface area (Å²) in [6.45, 7) is 0. The van der Waals surface area contributed by atoms with Crippen molar-refractivity contribution in [2.45, 2.75) is 50.1 Å². The number of nitrogens with one attached hydrogen (secondary N) is 1. The lowest BCUT2D eigenvalue weighted by Crippen LogP contribution is -2.70. The highest BCUT2D eigenvalue weighted by Crippen LogP contribution is 2.39. The molecule has 150 valence electrons. The Bertz CT molecular complexity index is 921. The number of rotatable bonds is 5. The van der Waals surface area contributed by atoms with Gasteiger partial charge in [-0.3, -0.25) is 14.5 Å². The maximum absolute atomic E-state index is 13.8. The van der Waals surface area contributed by atoms with Gasteiger partial charge in [0.05, 0.1) is 6.42 Å². The maximum atomic E-state index is 13.8. The van der Waals surface area contributed by atoms with Crippen LogP contribution in [-0.4, -0.2) is 23.4 Å². The zero-order chi connectivity index (χ0) is 20.3. The van der Waals surface area contributed by atoms with Crippen LogP contribution in [0.2, 0.25) is 0 Å². The van der Waals surface area contributed by atoms with Crippen LogP contribution in [0.5, 0.6) is 0 Å². The molecule has 1 heterocycles. The number of halogens is 1. The van der Waals surface area contributed by atoms with Crippen LogP contribution in [0.4, 0.5) is 10.1 Å². The van der Waals surface area contributed by atoms with Crippen LogP contribution in [0.3, 0.4) is 0 Å². The van der Waals surface area contributed by atoms with E-state index in [1.807, 2.05) is 36.4 Å². The third-order valence-corrected chi connectivity index (χ3v) is 5.82. The molecular weight excluding hydrogens is 367 g/mol. The van der Waals surface area contributed by atoms with Crippen molar-refractivity contribution in [2.75, 3.05) is 4.90 Å². The average molecular weight is 392 g/mol. The van der Waals surface area contributed by atoms with Gasteiger partial charge in [0, 0.05) is 11.7 Å². The summed E-state index contributed by atoms with van der Waals surface area (Å²) in [5.41, 5.74) is 0.201. The molecule has 4 nitrogen and oxygen atoms in total. The number of benzene rings is 2. The second-order valence-corrected chi connectivity index (χ2v) is 7.86. The number of carbonyl (C=O) groups excluding carboxylic acids is 2. The molecule has 0 aromatic heterocycles. The van der Waals surface area contributed by atoms with Crippen LogP contribution in [0.1, 0.15) is 44.1 Å². The lowest BCUT2D eigenvalue weighted by atomic mass is 9.80. The number of hydrogen-bond donors (Lipinski definition) is 1. The van der Waals surface area contributed by atoms with Gasteiger partial charge in [0.2, 0.25) is 5.91 Å². The first-order valence-corrected chi connectivity index (χ1v) is 10.2. The van der Waals surface area contributed by atoms with Crippen molar-refractivity contribution < 1.29 is 14.0 Å². The summed E-state index contributed by atoms with van der Waals surface area (Å²) >= 11 is 0. The Hall–Kier alpha value is -2.95. The van der Waals surface area contributed by atoms with Crippen molar-refractivity contribution in [1.29, 1.82) is 0 Å². The largest absolute Gasteiger partial charge is 0.351 e. The molecule has 1 aliphatic heterocycles. The van der Waals surface area contributed by atoms with Crippen molar-refractivity contribution in [1.82, 2.24) is 5.32 Å². The highest BCUT2D eigenvalue weighted by Gasteiger charge is 2.56. The van der Waals surface area contributed by atoms with Crippen LogP contribution in [0, 0.1) is 5.82 Å². The molecule has 1 saturated heterocycles. The van der Waals surface area contributed by atoms with Gasteiger partial charge >= 0.3 is 0 Å². The first-order chi connectivity index (χ1) is 14.1. The molecule has 2 fully saturated rings. The highest BCUT2D eigenvalue weighted by molar-refractivity contribution is 6.15. The molecule has 2 amide bonds. The third kappa shape index (κ3) is 3.95. The second kappa shape index (κ2) is 8.19. The standard InChI is InChI=1S/C24H25FN2O2/c25-19-10-7-13-21(16-19)27-22(28)17-24(27,15-14-18-8-3-1-4-9-18)23(29)26-20-11-5-2-6-12-20/h1,3-4,7-10,13-16,20H,2,5-6,11-12,17H2,(H,26,29). The summed E-state index contributed by atoms with van der Waals surface area (Å²) in [7, 11) is 0. The van der Waals surface area contributed by atoms with E-state index in [1.165, 1.54) is 23.5 Å². The summed E-state index contributed by atoms with van der Waals surface area (Å²) in [6.07, 6.45) is 9.03. The molecule has 1 atom stereocenters. The van der Waals surface area contributed by atoms with Gasteiger partial charge in [-0.25, -0.2) is 4.39 Å². The van der Waals surface area contributed by atoms with Gasteiger partial charge in [-0.2, -0.15) is 0 Å². The first kappa shape index (κ1) is 19.4. The van der Waals surface area contributed by atoms with E-state index in [1.54, 1.807) is 18.2 Å². The fraction of sp³-hybridized carbons (Fsp3) is 0.333. The Labute approximate surface area is 170 Å². The number of nitrogens with zero attached hydrogens (tertiary/aromatic N) is 1. The van der Waals surface area contributed by atoms with Crippen molar-refractivity contribution >= 4 is 23.6 Å². The summed E-state index contributed by atoms with van der Waals surface area (Å²) in [4.78, 5) is 27.4. The van der Waals surface area contributed by atoms with Crippen molar-refractivity contribution in [3.8, 4) is 0 Å². The van der Waals surface area contributed by atoms with E-state index >= 15 is 0 Å². The van der Waals surface area contributed by atoms with Gasteiger partial charge in [-0.1, -0.05) is 61.7 Å². The van der Waals surface area contributed by atoms with Crippen molar-refractivity contribution in [3.63, 3.8) is 0 Å². The minimum absolute atomic E-state index is 0.0748. The van der Waals surface area contributed by atoms with Gasteiger partial charge in [-0.05, 0) is 42.7 Å². The number of β-lactam (4-membered cyclic amide) rings is 1. The third-order valence-electron chi connectivity index (χ3n) is 5.82. The van der Waals surface area contributed by atoms with Gasteiger partial charge in [0.1, 0.15) is 5.82 Å². The molecule has 2 aromatic rings. The van der Waals surface area contributed by atoms with Crippen LogP contribution in [0.15, 0.2) is 60.7 Å². The summed E-state index contributed by atoms with van der Waals surface area (Å²) in [5, 5.41) is 3.15. The lowest BCUT2D eigenvalue weighted by molar-refractivity contribution is -0.137. The highest BCUT2D eigenvalue weighted by atomic mass is 19.1. The van der Waals surface area contributed by atoms with E-state index in [0.717, 1.165) is 31.2 Å². The topological polar surface area (TPSA) is 49.4 Å². The average Bonchev–Trinajstić information content (AvgIpc) is 2.72. The minimum Gasteiger partial charge on any atom is -0.351 e. The van der Waals surface area contributed by atoms with E-state index in [2.05, 4.69) is 5.32 Å². The molecule has 1 N–H and O–H groups in total. The Morgan fingerprint density at radius 3 is 2.52 bits per heavy atom. The maximum Gasteiger partial charge on any atom is 0.251 e. The molecule has 4 rings (SSSR count). The van der Waals surface area contributed by atoms with Gasteiger partial charge in [0.25, 0.3) is 5.91 Å². The Balaban J connectivity index is 1.67. The van der Waals surface area contributed by atoms with E-state index in [9.17, 15) is 14.0 Å². The molecule has 5 heteroatoms. The molecule has 1 saturated carbocycles. The van der Waals surface area contributed by atoms with Gasteiger partial charge in [-0.15, -0.1) is 0 Å². The van der Waals surface area contributed by atoms with E-state index < -0.39 is 11.4 Å². The summed E-state index contributed by atoms with van der Waals surface area (Å²) in [5.74, 6) is -0.816. The summed E-state index contributed by atoms with van der Waals surface area (Å²) < 4.78 is 13.8. The lowest BCUT2D eigenvalue weighted by Gasteiger charge is -2.49. The molecule has 0 spiro atoms. The second-order valence-electron chi connectivity index (χ2n) is 7.86. The molecule has 2 aromatic carbocycles. The molecular formula is C24H25FN2O2. The smallest absolute Gasteiger partial charge is 0.251 e. The summed E-state index contributed by atoms with van der Waals surface area (Å²) in [6, 6.07) is 15.6. The van der Waals surface area contributed by atoms with Gasteiger partial charge < -0.3 is 5.32 Å². The monoisotopic (exact) mass is 392 g/mol. The minimum atomic E-state index is -1.14. The van der Waals surface area contributed by atoms with E-state index in [0.29, 0.717) is 5.69 Å². The molecule has 2 aliphatic rings. The quantitative estimate of drug-likeness (QED) is 0.764. The zero-order valence-corrected chi connectivity index (χ0v) is 16.3. The molecule has 1 aliphatic carbocycles. The number of amides is 2. The van der Waals surface area contributed by atoms with E-state index in [-0.39, 0.29) is 24.3 Å². The first-order valence-electron chi connectivity index (χ1n) is 10.2. The zero-order valence-electron chi connectivity index (χ0n) is 16.3. The van der Waals surface area contributed by atoms with Crippen molar-refractivity contribution in [3.05, 3.63) is 72.1 Å². The number of anilines is 1. The fourth-order valence-corrected chi connectivity index (χ4v) is 4.26. The van der Waals surface area contributed by atoms with E-state index in [4.69, 9.17) is 0 Å². The normalized spacial score (nSPS) is 22.5. The van der Waals surface area contributed by atoms with Crippen LogP contribution >= 0.6 is 0 Å². The number of hydrogen-bond acceptors (Lipinski definition) is 2. The molecule has 0 radical (unpaired) electrons. The fourth-order valence-electron chi connectivity index (χ4n) is 4.26. The molecule has 29 heavy (non-hydrogen) atoms. The predicted molar refractivity (Wildman–Crippen MR) is 112 cm³/mol. The van der Waals surface area contributed by atoms with Crippen LogP contribution < -0.4 is 10.2 Å². The Morgan fingerprint density at radius 2 is 1.83 bits per heavy atom. The van der Waals surface area contributed by atoms with Crippen LogP contribution in [-0.2, 0) is 9.59 Å². The van der Waals surface area contributed by atoms with Gasteiger partial charge in [0.15, 0.2) is 5.54 Å². The molecule has 0 bridgehead atoms. The number of carbonyl (C=O) groups is 2. The Morgan fingerprint density at radius 1 is 1.07 bits per heavy atom. The van der Waals surface area contributed by atoms with Crippen LogP contribution in [0.25, 0.3) is 6.08 Å². The Kier molecular flexibility index (Phi) is 5.47. The SMILES string of the molecule is O=C1CC(C=Cc2ccccc2)(C(=O)NC2CCCCC2)N1c1cccc(F)c1. The predicted octanol–water partition coefficient (Wildman–Crippen LogP) is 4.46. The van der Waals surface area contributed by atoms with Crippen molar-refractivity contribution in [2.24, 2.45) is 0 Å².